The van der Waals surface area contributed by atoms with E-state index in [2.05, 4.69) is 22.9 Å². The maximum absolute atomic E-state index is 13.2. The number of nitriles is 1. The van der Waals surface area contributed by atoms with Crippen LogP contribution in [-0.2, 0) is 6.54 Å². The molecule has 9 heteroatoms. The summed E-state index contributed by atoms with van der Waals surface area (Å²) in [7, 11) is 1.55. The number of hydrogen-bond acceptors (Lipinski definition) is 8. The third-order valence-corrected chi connectivity index (χ3v) is 5.46. The number of aryl methyl sites for hydroxylation is 1. The van der Waals surface area contributed by atoms with Gasteiger partial charge in [-0.3, -0.25) is 14.8 Å². The number of allylic oxidation sites excluding steroid dienone is 1. The fourth-order valence-electron chi connectivity index (χ4n) is 3.67. The van der Waals surface area contributed by atoms with Crippen LogP contribution >= 0.6 is 0 Å². The average Bonchev–Trinajstić information content (AvgIpc) is 3.13. The highest BCUT2D eigenvalue weighted by Gasteiger charge is 2.33. The molecular weight excluding hydrogens is 432 g/mol. The van der Waals surface area contributed by atoms with Gasteiger partial charge in [0.05, 0.1) is 42.8 Å². The number of carbonyl (C=O) groups is 1. The van der Waals surface area contributed by atoms with Crippen molar-refractivity contribution in [2.45, 2.75) is 59.7 Å². The second-order valence-corrected chi connectivity index (χ2v) is 8.86. The van der Waals surface area contributed by atoms with Crippen LogP contribution in [0.5, 0.6) is 11.6 Å². The number of nitrogens with zero attached hydrogens (tertiary/aromatic N) is 6. The van der Waals surface area contributed by atoms with E-state index in [1.165, 1.54) is 5.01 Å². The van der Waals surface area contributed by atoms with Gasteiger partial charge >= 0.3 is 0 Å². The number of pyridine rings is 2. The van der Waals surface area contributed by atoms with Crippen LogP contribution in [0.15, 0.2) is 35.3 Å². The Bertz CT molecular complexity index is 1200. The molecule has 0 saturated carbocycles. The normalized spacial score (nSPS) is 13.6. The van der Waals surface area contributed by atoms with E-state index in [9.17, 15) is 10.1 Å². The fraction of sp³-hybridized carbons (Fsp3) is 0.400. The van der Waals surface area contributed by atoms with Gasteiger partial charge in [0.25, 0.3) is 11.8 Å². The monoisotopic (exact) mass is 462 g/mol. The molecule has 1 amide bonds. The van der Waals surface area contributed by atoms with E-state index >= 15 is 0 Å². The summed E-state index contributed by atoms with van der Waals surface area (Å²) in [5.41, 5.74) is 3.25. The number of hydrazone groups is 1. The second kappa shape index (κ2) is 9.51. The number of rotatable bonds is 8. The molecular formula is C25H30N6O3. The lowest BCUT2D eigenvalue weighted by molar-refractivity contribution is 0.0821. The van der Waals surface area contributed by atoms with Crippen LogP contribution in [0.2, 0.25) is 0 Å². The van der Waals surface area contributed by atoms with Gasteiger partial charge in [0.15, 0.2) is 5.75 Å². The van der Waals surface area contributed by atoms with Crippen LogP contribution in [0.4, 0.5) is 0 Å². The number of fused-ring (bicyclic) bond motifs is 1. The van der Waals surface area contributed by atoms with Crippen LogP contribution in [-0.4, -0.2) is 51.3 Å². The van der Waals surface area contributed by atoms with E-state index in [-0.39, 0.29) is 12.0 Å². The molecule has 178 valence electrons. The predicted molar refractivity (Wildman–Crippen MR) is 129 cm³/mol. The Morgan fingerprint density at radius 1 is 1.41 bits per heavy atom. The smallest absolute Gasteiger partial charge is 0.260 e. The third-order valence-electron chi connectivity index (χ3n) is 5.46. The summed E-state index contributed by atoms with van der Waals surface area (Å²) in [6.07, 6.45) is 3.29. The molecule has 0 radical (unpaired) electrons. The Balaban J connectivity index is 1.97. The molecule has 0 unspecified atom stereocenters. The van der Waals surface area contributed by atoms with Crippen LogP contribution in [0, 0.1) is 18.3 Å². The van der Waals surface area contributed by atoms with Crippen molar-refractivity contribution in [3.8, 4) is 29.0 Å². The summed E-state index contributed by atoms with van der Waals surface area (Å²) in [5.74, 6) is 0.789. The topological polar surface area (TPSA) is 104 Å². The zero-order valence-electron chi connectivity index (χ0n) is 20.7. The van der Waals surface area contributed by atoms with Crippen LogP contribution in [0.3, 0.4) is 0 Å². The van der Waals surface area contributed by atoms with Crippen molar-refractivity contribution in [3.63, 3.8) is 0 Å². The Kier molecular flexibility index (Phi) is 6.91. The molecule has 0 atom stereocenters. The third kappa shape index (κ3) is 4.71. The van der Waals surface area contributed by atoms with Gasteiger partial charge in [-0.05, 0) is 59.2 Å². The van der Waals surface area contributed by atoms with E-state index in [1.807, 2.05) is 32.9 Å². The number of hydrogen-bond donors (Lipinski definition) is 0. The van der Waals surface area contributed by atoms with E-state index < -0.39 is 5.54 Å². The van der Waals surface area contributed by atoms with E-state index in [1.54, 1.807) is 45.2 Å². The minimum Gasteiger partial charge on any atom is -0.485 e. The second-order valence-electron chi connectivity index (χ2n) is 8.86. The van der Waals surface area contributed by atoms with Crippen LogP contribution < -0.4 is 9.47 Å². The van der Waals surface area contributed by atoms with Crippen molar-refractivity contribution in [1.82, 2.24) is 19.9 Å². The van der Waals surface area contributed by atoms with E-state index in [4.69, 9.17) is 14.5 Å². The minimum atomic E-state index is -0.906. The zero-order chi connectivity index (χ0) is 25.2. The molecule has 0 fully saturated rings. The highest BCUT2D eigenvalue weighted by atomic mass is 16.5. The Morgan fingerprint density at radius 3 is 2.71 bits per heavy atom. The van der Waals surface area contributed by atoms with Gasteiger partial charge in [0, 0.05) is 30.4 Å². The zero-order valence-corrected chi connectivity index (χ0v) is 20.7. The Morgan fingerprint density at radius 2 is 2.12 bits per heavy atom. The summed E-state index contributed by atoms with van der Waals surface area (Å²) in [6.45, 7) is 14.9. The minimum absolute atomic E-state index is 0.0442. The molecule has 0 bridgehead atoms. The lowest BCUT2D eigenvalue weighted by Crippen LogP contribution is -2.36. The number of aromatic nitrogens is 2. The molecule has 0 N–H and O–H groups in total. The summed E-state index contributed by atoms with van der Waals surface area (Å²) in [4.78, 5) is 24.0. The first-order valence-corrected chi connectivity index (χ1v) is 10.9. The van der Waals surface area contributed by atoms with Gasteiger partial charge in [-0.15, -0.1) is 0 Å². The number of ether oxygens (including phenoxy) is 2. The predicted octanol–water partition coefficient (Wildman–Crippen LogP) is 4.28. The van der Waals surface area contributed by atoms with Crippen molar-refractivity contribution in [1.29, 1.82) is 5.26 Å². The van der Waals surface area contributed by atoms with Gasteiger partial charge < -0.3 is 14.4 Å². The summed E-state index contributed by atoms with van der Waals surface area (Å²) < 4.78 is 11.2. The largest absolute Gasteiger partial charge is 0.485 e. The lowest BCUT2D eigenvalue weighted by atomic mass is 10.0. The van der Waals surface area contributed by atoms with Gasteiger partial charge in [0.1, 0.15) is 5.54 Å². The highest BCUT2D eigenvalue weighted by Crippen LogP contribution is 2.34. The maximum Gasteiger partial charge on any atom is 0.260 e. The molecule has 2 aromatic rings. The first-order valence-electron chi connectivity index (χ1n) is 10.9. The van der Waals surface area contributed by atoms with Crippen molar-refractivity contribution in [2.75, 3.05) is 7.11 Å². The first-order chi connectivity index (χ1) is 16.0. The van der Waals surface area contributed by atoms with Gasteiger partial charge in [0.2, 0.25) is 0 Å². The fourth-order valence-corrected chi connectivity index (χ4v) is 3.67. The average molecular weight is 463 g/mol. The molecule has 0 spiro atoms. The molecule has 2 aromatic heterocycles. The van der Waals surface area contributed by atoms with Crippen molar-refractivity contribution in [3.05, 3.63) is 47.0 Å². The molecule has 0 aromatic carbocycles. The Labute approximate surface area is 200 Å². The molecule has 0 aliphatic carbocycles. The number of methoxy groups -OCH3 is 1. The van der Waals surface area contributed by atoms with Crippen molar-refractivity contribution in [2.24, 2.45) is 5.10 Å². The van der Waals surface area contributed by atoms with Gasteiger partial charge in [-0.2, -0.15) is 10.4 Å². The molecule has 1 aliphatic rings. The molecule has 1 aliphatic heterocycles. The first kappa shape index (κ1) is 24.7. The quantitative estimate of drug-likeness (QED) is 0.426. The van der Waals surface area contributed by atoms with Gasteiger partial charge in [-0.25, -0.2) is 4.98 Å². The summed E-state index contributed by atoms with van der Waals surface area (Å²) >= 11 is 0. The molecule has 0 saturated heterocycles. The number of carbonyl (C=O) groups excluding carboxylic acids is 1. The standard InChI is InChI=1S/C25H30N6O3/c1-15(2)34-21-10-18(11-28-23(21)33-8)19-9-16(3)22-20(29-19)13-30(24(22)32)17(4)12-31(27-7)25(5,6)14-26/h9-12,15H,7,13H2,1-6,8H3/b17-12+. The van der Waals surface area contributed by atoms with Gasteiger partial charge in [-0.1, -0.05) is 0 Å². The number of amides is 1. The Hall–Kier alpha value is -3.93. The van der Waals surface area contributed by atoms with Crippen LogP contribution in [0.1, 0.15) is 56.2 Å². The van der Waals surface area contributed by atoms with E-state index in [0.29, 0.717) is 40.8 Å². The molecule has 34 heavy (non-hydrogen) atoms. The summed E-state index contributed by atoms with van der Waals surface area (Å²) in [6, 6.07) is 5.90. The molecule has 9 nitrogen and oxygen atoms in total. The lowest BCUT2D eigenvalue weighted by Gasteiger charge is -2.28. The van der Waals surface area contributed by atoms with Crippen molar-refractivity contribution >= 4 is 12.6 Å². The van der Waals surface area contributed by atoms with Crippen LogP contribution in [0.25, 0.3) is 11.3 Å². The SMILES string of the molecule is C=NN(/C=C(\C)N1Cc2nc(-c3cnc(OC)c(OC(C)C)c3)cc(C)c2C1=O)C(C)(C)C#N. The summed E-state index contributed by atoms with van der Waals surface area (Å²) in [5, 5.41) is 14.8. The van der Waals surface area contributed by atoms with E-state index in [0.717, 1.165) is 11.1 Å². The molecule has 3 heterocycles. The molecule has 3 rings (SSSR count). The van der Waals surface area contributed by atoms with Crippen molar-refractivity contribution < 1.29 is 14.3 Å². The highest BCUT2D eigenvalue weighted by molar-refractivity contribution is 6.00. The maximum atomic E-state index is 13.2.